The number of hydrogen-bond acceptors (Lipinski definition) is 15. The Kier molecular flexibility index (Phi) is 28.4. The Morgan fingerprint density at radius 3 is 1.31 bits per heavy atom. The average Bonchev–Trinajstić information content (AvgIpc) is 0.794. The van der Waals surface area contributed by atoms with E-state index in [9.17, 15) is 60.2 Å². The normalized spacial score (nSPS) is 12.6. The van der Waals surface area contributed by atoms with E-state index in [1.54, 1.807) is 146 Å². The summed E-state index contributed by atoms with van der Waals surface area (Å²) in [6, 6.07) is 33.7. The minimum absolute atomic E-state index is 0.00609. The number of allylic oxidation sites excluding steroid dienone is 2. The number of halogens is 6. The molecule has 0 saturated heterocycles. The molecule has 2 aromatic heterocycles. The summed E-state index contributed by atoms with van der Waals surface area (Å²) in [7, 11) is 0. The van der Waals surface area contributed by atoms with E-state index in [1.165, 1.54) is 12.1 Å². The highest BCUT2D eigenvalue weighted by Crippen LogP contribution is 2.40. The number of para-hydroxylation sites is 2. The number of pyridine rings is 2. The molecule has 3 amide bonds. The zero-order chi connectivity index (χ0) is 71.0. The van der Waals surface area contributed by atoms with Gasteiger partial charge in [0.15, 0.2) is 11.5 Å². The smallest absolute Gasteiger partial charge is 0.426 e. The number of carbonyl (C=O) groups excluding carboxylic acids is 5. The lowest BCUT2D eigenvalue weighted by atomic mass is 9.92. The molecule has 6 rings (SSSR count). The molecule has 4 aromatic carbocycles. The van der Waals surface area contributed by atoms with Crippen LogP contribution in [0.15, 0.2) is 172 Å². The third kappa shape index (κ3) is 22.9. The van der Waals surface area contributed by atoms with Crippen molar-refractivity contribution in [2.45, 2.75) is 129 Å². The topological polar surface area (TPSA) is 266 Å². The molecule has 0 aliphatic rings. The molecule has 0 spiro atoms. The van der Waals surface area contributed by atoms with E-state index in [0.717, 1.165) is 23.3 Å². The lowest BCUT2D eigenvalue weighted by Gasteiger charge is -2.33. The summed E-state index contributed by atoms with van der Waals surface area (Å²) in [5.74, 6) is -3.91. The van der Waals surface area contributed by atoms with Gasteiger partial charge in [0, 0.05) is 24.0 Å². The number of aryl methyl sites for hydroxylation is 2. The first-order chi connectivity index (χ1) is 44.6. The van der Waals surface area contributed by atoms with Gasteiger partial charge in [-0.3, -0.25) is 25.0 Å². The molecule has 508 valence electrons. The summed E-state index contributed by atoms with van der Waals surface area (Å²) < 4.78 is 116. The number of aromatic carboxylic acids is 1. The van der Waals surface area contributed by atoms with Gasteiger partial charge in [-0.1, -0.05) is 121 Å². The number of nitrogens with zero attached hydrogens (tertiary/aromatic N) is 2. The molecule has 95 heavy (non-hydrogen) atoms. The van der Waals surface area contributed by atoms with E-state index in [2.05, 4.69) is 52.2 Å². The van der Waals surface area contributed by atoms with Gasteiger partial charge in [0.25, 0.3) is 5.91 Å². The molecule has 6 aromatic rings. The van der Waals surface area contributed by atoms with Crippen LogP contribution in [0.25, 0.3) is 0 Å². The van der Waals surface area contributed by atoms with E-state index in [-0.39, 0.29) is 41.1 Å². The van der Waals surface area contributed by atoms with Gasteiger partial charge < -0.3 is 44.6 Å². The predicted octanol–water partition coefficient (Wildman–Crippen LogP) is 15.2. The number of carbonyl (C=O) groups is 6. The monoisotopic (exact) mass is 1320 g/mol. The Balaban J connectivity index is 0.000000337. The number of nitrogens with one attached hydrogen (secondary N) is 3. The predicted molar refractivity (Wildman–Crippen MR) is 347 cm³/mol. The number of ketones is 2. The summed E-state index contributed by atoms with van der Waals surface area (Å²) in [4.78, 5) is 83.2. The lowest BCUT2D eigenvalue weighted by molar-refractivity contribution is -0.269. The number of benzene rings is 4. The van der Waals surface area contributed by atoms with Crippen LogP contribution in [0.4, 0.5) is 47.3 Å². The second-order valence-corrected chi connectivity index (χ2v) is 22.9. The largest absolute Gasteiger partial charge is 0.476 e. The first-order valence-corrected chi connectivity index (χ1v) is 29.3. The summed E-state index contributed by atoms with van der Waals surface area (Å²) in [5, 5.41) is 16.5. The summed E-state index contributed by atoms with van der Waals surface area (Å²) in [6.45, 7) is 25.0. The second kappa shape index (κ2) is 34.8. The molecule has 0 aliphatic heterocycles. The van der Waals surface area contributed by atoms with Gasteiger partial charge in [-0.2, -0.15) is 26.3 Å². The zero-order valence-electron chi connectivity index (χ0n) is 53.9. The molecule has 0 saturated carbocycles. The summed E-state index contributed by atoms with van der Waals surface area (Å²) in [6.07, 6.45) is -6.85. The number of amides is 3. The Labute approximate surface area is 547 Å². The molecule has 2 unspecified atom stereocenters. The van der Waals surface area contributed by atoms with E-state index in [1.807, 2.05) is 30.3 Å². The quantitative estimate of drug-likeness (QED) is 0.0182. The van der Waals surface area contributed by atoms with Crippen molar-refractivity contribution in [3.63, 3.8) is 0 Å². The van der Waals surface area contributed by atoms with Gasteiger partial charge in [-0.15, -0.1) is 26.3 Å². The number of rotatable bonds is 27. The van der Waals surface area contributed by atoms with Crippen molar-refractivity contribution in [3.05, 3.63) is 217 Å². The summed E-state index contributed by atoms with van der Waals surface area (Å²) >= 11 is 0. The molecule has 0 fully saturated rings. The van der Waals surface area contributed by atoms with Crippen LogP contribution in [0, 0.1) is 13.8 Å². The van der Waals surface area contributed by atoms with E-state index >= 15 is 0 Å². The molecule has 6 N–H and O–H groups in total. The highest BCUT2D eigenvalue weighted by molar-refractivity contribution is 6.05. The standard InChI is InChI=1S/C35H38F3N3O6.C21H24N2O5.C14H16F3NO2/c1-7-14-25-17-12-13-18-28(25)46-30-23(3)20-26(40-32(44)47-33(4,5)6)29(41-30)27(42)21-39-31(43)34(19-8-2,35(36,37)38)45-22-24-15-10-9-11-16-24;1-6-9-14-10-7-8-11-16(14)27-18-13(2)12-15(17(23-18)19(24)25)22-20(26)28-21(3,4)5;1-2-8-13(12(19)9-18,14(15,16)17)20-10-11-6-4-3-5-7-11/h7-13,15-18,20H,1-2,14,19,21-22H2,3-6H3,(H,39,43)(H,40,44);6-8,10-12H,1,9H2,2-5H3,(H,22,26)(H,24,25);2-7H,1,8-10,18H2. The fraction of sp³-hybridized carbons (Fsp3) is 0.314. The van der Waals surface area contributed by atoms with Crippen molar-refractivity contribution in [1.82, 2.24) is 15.3 Å². The second-order valence-electron chi connectivity index (χ2n) is 22.9. The number of alkyl halides is 6. The molecule has 25 heteroatoms. The van der Waals surface area contributed by atoms with Gasteiger partial charge in [0.05, 0.1) is 37.7 Å². The third-order valence-electron chi connectivity index (χ3n) is 13.0. The van der Waals surface area contributed by atoms with Crippen LogP contribution < -0.4 is 31.2 Å². The van der Waals surface area contributed by atoms with Crippen LogP contribution >= 0.6 is 0 Å². The molecule has 2 heterocycles. The van der Waals surface area contributed by atoms with Crippen molar-refractivity contribution in [2.24, 2.45) is 5.73 Å². The van der Waals surface area contributed by atoms with Crippen molar-refractivity contribution in [1.29, 1.82) is 0 Å². The maximum absolute atomic E-state index is 14.5. The third-order valence-corrected chi connectivity index (χ3v) is 13.0. The fourth-order valence-corrected chi connectivity index (χ4v) is 8.53. The first kappa shape index (κ1) is 77.5. The molecular formula is C70H78F6N6O13. The van der Waals surface area contributed by atoms with Crippen LogP contribution in [0.3, 0.4) is 0 Å². The van der Waals surface area contributed by atoms with Crippen LogP contribution in [-0.2, 0) is 54.6 Å². The van der Waals surface area contributed by atoms with Crippen LogP contribution in [-0.4, -0.2) is 98.6 Å². The van der Waals surface area contributed by atoms with Gasteiger partial charge in [0.1, 0.15) is 28.4 Å². The number of Topliss-reactive ketones (excluding diaryl/α,β-unsaturated/α-hetero) is 2. The van der Waals surface area contributed by atoms with Crippen molar-refractivity contribution in [3.8, 4) is 23.3 Å². The van der Waals surface area contributed by atoms with Gasteiger partial charge in [-0.05, 0) is 115 Å². The molecule has 0 aliphatic carbocycles. The van der Waals surface area contributed by atoms with Crippen LogP contribution in [0.5, 0.6) is 23.3 Å². The number of ether oxygens (including phenoxy) is 6. The molecule has 0 radical (unpaired) electrons. The minimum atomic E-state index is -5.17. The number of carboxylic acid groups (broad SMARTS) is 1. The van der Waals surface area contributed by atoms with Crippen LogP contribution in [0.1, 0.15) is 109 Å². The Hall–Kier alpha value is -9.98. The van der Waals surface area contributed by atoms with Gasteiger partial charge >= 0.3 is 30.5 Å². The Bertz CT molecular complexity index is 3670. The van der Waals surface area contributed by atoms with Crippen molar-refractivity contribution in [2.75, 3.05) is 23.7 Å². The average molecular weight is 1330 g/mol. The Morgan fingerprint density at radius 1 is 0.547 bits per heavy atom. The molecule has 0 bridgehead atoms. The van der Waals surface area contributed by atoms with Crippen LogP contribution in [0.2, 0.25) is 0 Å². The molecule has 19 nitrogen and oxygen atoms in total. The molecular weight excluding hydrogens is 1250 g/mol. The lowest BCUT2D eigenvalue weighted by Crippen LogP contribution is -2.59. The summed E-state index contributed by atoms with van der Waals surface area (Å²) in [5.41, 5.74) is 0.0201. The van der Waals surface area contributed by atoms with E-state index in [4.69, 9.17) is 34.2 Å². The fourth-order valence-electron chi connectivity index (χ4n) is 8.53. The van der Waals surface area contributed by atoms with E-state index in [0.29, 0.717) is 46.6 Å². The van der Waals surface area contributed by atoms with Crippen molar-refractivity contribution >= 4 is 47.0 Å². The number of hydrogen-bond donors (Lipinski definition) is 5. The van der Waals surface area contributed by atoms with Gasteiger partial charge in [0.2, 0.25) is 28.7 Å². The highest BCUT2D eigenvalue weighted by Gasteiger charge is 2.62. The number of nitrogens with two attached hydrogens (primary N) is 1. The van der Waals surface area contributed by atoms with E-state index < -0.39 is 103 Å². The SMILES string of the molecule is C=CCC(OCc1ccccc1)(C(=O)CN)C(F)(F)F.C=CCc1ccccc1Oc1nc(C(=O)CNC(=O)C(CC=C)(OCc2ccccc2)C(F)(F)F)c(NC(=O)OC(C)(C)C)cc1C.C=CCc1ccccc1Oc1nc(C(=O)O)c(NC(=O)OC(C)(C)C)cc1C. The van der Waals surface area contributed by atoms with Crippen molar-refractivity contribution < 1.29 is 88.6 Å². The number of carboxylic acids is 1. The Morgan fingerprint density at radius 2 is 0.926 bits per heavy atom. The highest BCUT2D eigenvalue weighted by atomic mass is 19.4. The first-order valence-electron chi connectivity index (χ1n) is 29.3. The number of anilines is 2. The zero-order valence-corrected chi connectivity index (χ0v) is 53.9. The maximum atomic E-state index is 14.5. The number of aromatic nitrogens is 2. The maximum Gasteiger partial charge on any atom is 0.426 e. The molecule has 2 atom stereocenters. The minimum Gasteiger partial charge on any atom is -0.476 e. The van der Waals surface area contributed by atoms with Gasteiger partial charge in [-0.25, -0.2) is 24.4 Å².